The number of aromatic carboxylic acids is 1. The van der Waals surface area contributed by atoms with Gasteiger partial charge in [-0.1, -0.05) is 30.9 Å². The third-order valence-electron chi connectivity index (χ3n) is 3.70. The van der Waals surface area contributed by atoms with Gasteiger partial charge in [-0.05, 0) is 19.8 Å². The molecule has 2 N–H and O–H groups in total. The zero-order valence-electron chi connectivity index (χ0n) is 11.6. The van der Waals surface area contributed by atoms with Gasteiger partial charge in [0.2, 0.25) is 5.91 Å². The molecule has 0 aromatic carbocycles. The molecule has 7 heteroatoms. The van der Waals surface area contributed by atoms with E-state index in [-0.39, 0.29) is 24.2 Å². The van der Waals surface area contributed by atoms with E-state index in [9.17, 15) is 9.59 Å². The van der Waals surface area contributed by atoms with E-state index in [0.29, 0.717) is 5.69 Å². The minimum atomic E-state index is -1.13. The van der Waals surface area contributed by atoms with Gasteiger partial charge in [0.05, 0.1) is 5.69 Å². The van der Waals surface area contributed by atoms with Crippen molar-refractivity contribution in [3.8, 4) is 0 Å². The molecule has 7 nitrogen and oxygen atoms in total. The zero-order chi connectivity index (χ0) is 14.5. The number of hydrogen-bond donors (Lipinski definition) is 2. The molecule has 2 rings (SSSR count). The summed E-state index contributed by atoms with van der Waals surface area (Å²) in [6.45, 7) is 1.62. The number of hydrogen-bond acceptors (Lipinski definition) is 4. The van der Waals surface area contributed by atoms with Gasteiger partial charge >= 0.3 is 5.97 Å². The smallest absolute Gasteiger partial charge is 0.358 e. The minimum Gasteiger partial charge on any atom is -0.476 e. The summed E-state index contributed by atoms with van der Waals surface area (Å²) in [6, 6.07) is 0.229. The molecule has 0 radical (unpaired) electrons. The van der Waals surface area contributed by atoms with Crippen LogP contribution in [-0.2, 0) is 11.3 Å². The Labute approximate surface area is 117 Å². The molecule has 0 atom stereocenters. The third-order valence-corrected chi connectivity index (χ3v) is 3.70. The van der Waals surface area contributed by atoms with Crippen LogP contribution in [0, 0.1) is 6.92 Å². The molecule has 1 amide bonds. The molecule has 1 saturated carbocycles. The number of aromatic nitrogens is 3. The maximum atomic E-state index is 12.0. The molecule has 1 aromatic rings. The maximum absolute atomic E-state index is 12.0. The Morgan fingerprint density at radius 3 is 2.50 bits per heavy atom. The Balaban J connectivity index is 1.92. The second kappa shape index (κ2) is 6.49. The van der Waals surface area contributed by atoms with Gasteiger partial charge in [-0.2, -0.15) is 0 Å². The lowest BCUT2D eigenvalue weighted by molar-refractivity contribution is -0.122. The van der Waals surface area contributed by atoms with Crippen LogP contribution in [0.15, 0.2) is 0 Å². The summed E-state index contributed by atoms with van der Waals surface area (Å²) >= 11 is 0. The Bertz CT molecular complexity index is 490. The highest BCUT2D eigenvalue weighted by Crippen LogP contribution is 2.17. The summed E-state index contributed by atoms with van der Waals surface area (Å²) in [5, 5.41) is 19.2. The molecule has 1 aliphatic rings. The van der Waals surface area contributed by atoms with Gasteiger partial charge in [0.25, 0.3) is 0 Å². The average Bonchev–Trinajstić information content (AvgIpc) is 2.62. The lowest BCUT2D eigenvalue weighted by Gasteiger charge is -2.16. The molecule has 1 heterocycles. The summed E-state index contributed by atoms with van der Waals surface area (Å²) in [5.41, 5.74) is 0.292. The largest absolute Gasteiger partial charge is 0.476 e. The first-order valence-electron chi connectivity index (χ1n) is 7.00. The van der Waals surface area contributed by atoms with E-state index in [4.69, 9.17) is 5.11 Å². The number of carboxylic acid groups (broad SMARTS) is 1. The number of carboxylic acids is 1. The van der Waals surface area contributed by atoms with Crippen molar-refractivity contribution < 1.29 is 14.7 Å². The first-order valence-corrected chi connectivity index (χ1v) is 7.00. The molecule has 0 saturated heterocycles. The first-order chi connectivity index (χ1) is 9.58. The second-order valence-corrected chi connectivity index (χ2v) is 5.24. The van der Waals surface area contributed by atoms with E-state index < -0.39 is 5.97 Å². The Morgan fingerprint density at radius 1 is 1.30 bits per heavy atom. The van der Waals surface area contributed by atoms with E-state index in [2.05, 4.69) is 15.6 Å². The third kappa shape index (κ3) is 3.55. The molecule has 1 aromatic heterocycles. The lowest BCUT2D eigenvalue weighted by Crippen LogP contribution is -2.37. The fourth-order valence-corrected chi connectivity index (χ4v) is 2.54. The van der Waals surface area contributed by atoms with Crippen molar-refractivity contribution in [2.45, 2.75) is 58.0 Å². The van der Waals surface area contributed by atoms with E-state index in [1.165, 1.54) is 17.5 Å². The van der Waals surface area contributed by atoms with Gasteiger partial charge in [-0.15, -0.1) is 5.10 Å². The van der Waals surface area contributed by atoms with Crippen molar-refractivity contribution in [3.05, 3.63) is 11.4 Å². The van der Waals surface area contributed by atoms with E-state index in [1.54, 1.807) is 6.92 Å². The van der Waals surface area contributed by atoms with Crippen molar-refractivity contribution >= 4 is 11.9 Å². The van der Waals surface area contributed by atoms with Gasteiger partial charge in [0, 0.05) is 6.04 Å². The van der Waals surface area contributed by atoms with E-state index in [0.717, 1.165) is 25.7 Å². The number of rotatable bonds is 4. The Hall–Kier alpha value is -1.92. The molecule has 20 heavy (non-hydrogen) atoms. The number of amides is 1. The van der Waals surface area contributed by atoms with E-state index in [1.807, 2.05) is 0 Å². The Kier molecular flexibility index (Phi) is 4.70. The fraction of sp³-hybridized carbons (Fsp3) is 0.692. The van der Waals surface area contributed by atoms with Crippen LogP contribution in [0.4, 0.5) is 0 Å². The van der Waals surface area contributed by atoms with Crippen LogP contribution >= 0.6 is 0 Å². The molecule has 0 spiro atoms. The second-order valence-electron chi connectivity index (χ2n) is 5.24. The lowest BCUT2D eigenvalue weighted by atomic mass is 10.1. The minimum absolute atomic E-state index is 0.0165. The maximum Gasteiger partial charge on any atom is 0.358 e. The topological polar surface area (TPSA) is 97.1 Å². The van der Waals surface area contributed by atoms with Crippen LogP contribution in [0.1, 0.15) is 54.7 Å². The SMILES string of the molecule is Cc1c(C(=O)O)nnn1CC(=O)NC1CCCCCC1. The van der Waals surface area contributed by atoms with Crippen LogP contribution < -0.4 is 5.32 Å². The number of carbonyl (C=O) groups is 2. The van der Waals surface area contributed by atoms with Crippen molar-refractivity contribution in [1.82, 2.24) is 20.3 Å². The van der Waals surface area contributed by atoms with Crippen molar-refractivity contribution in [2.24, 2.45) is 0 Å². The zero-order valence-corrected chi connectivity index (χ0v) is 11.6. The van der Waals surface area contributed by atoms with Crippen LogP contribution in [0.2, 0.25) is 0 Å². The van der Waals surface area contributed by atoms with Crippen LogP contribution in [0.3, 0.4) is 0 Å². The Morgan fingerprint density at radius 2 is 1.95 bits per heavy atom. The van der Waals surface area contributed by atoms with Gasteiger partial charge in [-0.25, -0.2) is 9.48 Å². The fourth-order valence-electron chi connectivity index (χ4n) is 2.54. The molecule has 0 aliphatic heterocycles. The molecular weight excluding hydrogens is 260 g/mol. The predicted molar refractivity (Wildman–Crippen MR) is 71.4 cm³/mol. The summed E-state index contributed by atoms with van der Waals surface area (Å²) in [5.74, 6) is -1.26. The summed E-state index contributed by atoms with van der Waals surface area (Å²) in [7, 11) is 0. The van der Waals surface area contributed by atoms with Crippen molar-refractivity contribution in [3.63, 3.8) is 0 Å². The number of nitrogens with zero attached hydrogens (tertiary/aromatic N) is 3. The quantitative estimate of drug-likeness (QED) is 0.806. The molecular formula is C13H20N4O3. The molecule has 1 fully saturated rings. The normalized spacial score (nSPS) is 16.6. The van der Waals surface area contributed by atoms with Crippen molar-refractivity contribution in [2.75, 3.05) is 0 Å². The van der Waals surface area contributed by atoms with Gasteiger partial charge in [0.1, 0.15) is 6.54 Å². The average molecular weight is 280 g/mol. The highest BCUT2D eigenvalue weighted by atomic mass is 16.4. The molecule has 1 aliphatic carbocycles. The monoisotopic (exact) mass is 280 g/mol. The van der Waals surface area contributed by atoms with Gasteiger partial charge in [-0.3, -0.25) is 4.79 Å². The van der Waals surface area contributed by atoms with Crippen LogP contribution in [0.5, 0.6) is 0 Å². The molecule has 110 valence electrons. The first kappa shape index (κ1) is 14.5. The van der Waals surface area contributed by atoms with Crippen molar-refractivity contribution in [1.29, 1.82) is 0 Å². The highest BCUT2D eigenvalue weighted by Gasteiger charge is 2.19. The standard InChI is InChI=1S/C13H20N4O3/c1-9-12(13(19)20)15-16-17(9)8-11(18)14-10-6-4-2-3-5-7-10/h10H,2-8H2,1H3,(H,14,18)(H,19,20). The molecule has 0 unspecified atom stereocenters. The van der Waals surface area contributed by atoms with E-state index >= 15 is 0 Å². The highest BCUT2D eigenvalue weighted by molar-refractivity contribution is 5.86. The summed E-state index contributed by atoms with van der Waals surface area (Å²) in [6.07, 6.45) is 6.80. The van der Waals surface area contributed by atoms with Gasteiger partial charge < -0.3 is 10.4 Å². The predicted octanol–water partition coefficient (Wildman–Crippen LogP) is 1.12. The summed E-state index contributed by atoms with van der Waals surface area (Å²) < 4.78 is 1.33. The van der Waals surface area contributed by atoms with Crippen LogP contribution in [0.25, 0.3) is 0 Å². The number of carbonyl (C=O) groups excluding carboxylic acids is 1. The molecule has 0 bridgehead atoms. The summed E-state index contributed by atoms with van der Waals surface area (Å²) in [4.78, 5) is 22.8. The number of nitrogens with one attached hydrogen (secondary N) is 1. The van der Waals surface area contributed by atoms with Crippen LogP contribution in [-0.4, -0.2) is 38.0 Å². The van der Waals surface area contributed by atoms with Gasteiger partial charge in [0.15, 0.2) is 5.69 Å².